The van der Waals surface area contributed by atoms with Crippen molar-refractivity contribution in [2.75, 3.05) is 11.5 Å². The highest BCUT2D eigenvalue weighted by Crippen LogP contribution is 2.07. The molecule has 0 aliphatic carbocycles. The third-order valence-electron chi connectivity index (χ3n) is 1.27. The minimum Gasteiger partial charge on any atom is -0.384 e. The lowest BCUT2D eigenvalue weighted by atomic mass is 10.5. The van der Waals surface area contributed by atoms with Crippen LogP contribution in [0.2, 0.25) is 0 Å². The molecule has 0 atom stereocenters. The first-order chi connectivity index (χ1) is 5.24. The van der Waals surface area contributed by atoms with E-state index in [9.17, 15) is 0 Å². The predicted octanol–water partition coefficient (Wildman–Crippen LogP) is -0.0388. The van der Waals surface area contributed by atoms with Crippen molar-refractivity contribution in [3.63, 3.8) is 0 Å². The molecule has 0 unspecified atom stereocenters. The largest absolute Gasteiger partial charge is 0.384 e. The van der Waals surface area contributed by atoms with Crippen LogP contribution in [0, 0.1) is 11.3 Å². The molecule has 0 aliphatic heterocycles. The maximum absolute atomic E-state index is 8.26. The van der Waals surface area contributed by atoms with Crippen LogP contribution in [-0.2, 0) is 6.54 Å². The number of nitrogens with zero attached hydrogens (tertiary/aromatic N) is 3. The maximum Gasteiger partial charge on any atom is 0.147 e. The maximum atomic E-state index is 8.26. The van der Waals surface area contributed by atoms with Crippen molar-refractivity contribution in [1.29, 1.82) is 5.26 Å². The fraction of sp³-hybridized carbons (Fsp3) is 0.333. The fourth-order valence-electron chi connectivity index (χ4n) is 0.787. The van der Waals surface area contributed by atoms with Gasteiger partial charge in [0, 0.05) is 6.07 Å². The van der Waals surface area contributed by atoms with E-state index in [0.29, 0.717) is 24.6 Å². The van der Waals surface area contributed by atoms with Crippen LogP contribution < -0.4 is 11.5 Å². The molecule has 0 bridgehead atoms. The number of hydrogen-bond donors (Lipinski definition) is 2. The molecule has 0 radical (unpaired) electrons. The molecule has 58 valence electrons. The van der Waals surface area contributed by atoms with Crippen LogP contribution in [0.5, 0.6) is 0 Å². The number of hydrogen-bond acceptors (Lipinski definition) is 4. The Labute approximate surface area is 64.2 Å². The highest BCUT2D eigenvalue weighted by Gasteiger charge is 1.99. The van der Waals surface area contributed by atoms with Gasteiger partial charge in [0.25, 0.3) is 0 Å². The van der Waals surface area contributed by atoms with Crippen molar-refractivity contribution in [2.24, 2.45) is 0 Å². The van der Waals surface area contributed by atoms with Gasteiger partial charge in [-0.05, 0) is 0 Å². The summed E-state index contributed by atoms with van der Waals surface area (Å²) >= 11 is 0. The van der Waals surface area contributed by atoms with Gasteiger partial charge >= 0.3 is 0 Å². The molecule has 0 spiro atoms. The van der Waals surface area contributed by atoms with E-state index in [1.807, 2.05) is 6.07 Å². The highest BCUT2D eigenvalue weighted by molar-refractivity contribution is 5.41. The van der Waals surface area contributed by atoms with Crippen LogP contribution in [0.15, 0.2) is 6.07 Å². The van der Waals surface area contributed by atoms with E-state index in [0.717, 1.165) is 0 Å². The molecule has 0 amide bonds. The minimum absolute atomic E-state index is 0.389. The van der Waals surface area contributed by atoms with Gasteiger partial charge in [0.05, 0.1) is 19.0 Å². The molecule has 5 nitrogen and oxygen atoms in total. The monoisotopic (exact) mass is 151 g/mol. The number of aryl methyl sites for hydroxylation is 1. The zero-order valence-electron chi connectivity index (χ0n) is 5.99. The van der Waals surface area contributed by atoms with Crippen molar-refractivity contribution in [3.05, 3.63) is 6.07 Å². The Kier molecular flexibility index (Phi) is 1.97. The van der Waals surface area contributed by atoms with Gasteiger partial charge < -0.3 is 11.5 Å². The third kappa shape index (κ3) is 1.61. The van der Waals surface area contributed by atoms with E-state index in [1.54, 1.807) is 6.07 Å². The average molecular weight is 151 g/mol. The molecule has 0 aliphatic rings. The molecule has 0 fully saturated rings. The van der Waals surface area contributed by atoms with Gasteiger partial charge in [-0.3, -0.25) is 0 Å². The molecule has 0 saturated carbocycles. The zero-order chi connectivity index (χ0) is 8.27. The smallest absolute Gasteiger partial charge is 0.147 e. The van der Waals surface area contributed by atoms with Crippen molar-refractivity contribution >= 4 is 11.6 Å². The number of anilines is 2. The number of nitrogens with two attached hydrogens (primary N) is 2. The third-order valence-corrected chi connectivity index (χ3v) is 1.27. The number of nitriles is 1. The van der Waals surface area contributed by atoms with Crippen LogP contribution in [0.25, 0.3) is 0 Å². The van der Waals surface area contributed by atoms with E-state index in [2.05, 4.69) is 5.10 Å². The average Bonchev–Trinajstić information content (AvgIpc) is 2.26. The van der Waals surface area contributed by atoms with Gasteiger partial charge in [-0.25, -0.2) is 4.68 Å². The van der Waals surface area contributed by atoms with Crippen molar-refractivity contribution in [1.82, 2.24) is 9.78 Å². The van der Waals surface area contributed by atoms with Crippen LogP contribution in [0.3, 0.4) is 0 Å². The molecule has 4 N–H and O–H groups in total. The number of aromatic nitrogens is 2. The summed E-state index contributed by atoms with van der Waals surface area (Å²) in [5.74, 6) is 0.887. The highest BCUT2D eigenvalue weighted by atomic mass is 15.3. The summed E-state index contributed by atoms with van der Waals surface area (Å²) in [6.45, 7) is 0.500. The molecular weight excluding hydrogens is 142 g/mol. The van der Waals surface area contributed by atoms with Crippen LogP contribution in [-0.4, -0.2) is 9.78 Å². The van der Waals surface area contributed by atoms with E-state index < -0.39 is 0 Å². The van der Waals surface area contributed by atoms with Gasteiger partial charge in [-0.15, -0.1) is 0 Å². The van der Waals surface area contributed by atoms with E-state index in [1.165, 1.54) is 4.68 Å². The Hall–Kier alpha value is -1.70. The SMILES string of the molecule is N#CCCn1nc(N)cc1N. The summed E-state index contributed by atoms with van der Waals surface area (Å²) in [5, 5.41) is 12.1. The van der Waals surface area contributed by atoms with Gasteiger partial charge in [0.2, 0.25) is 0 Å². The Morgan fingerprint density at radius 1 is 1.64 bits per heavy atom. The first-order valence-electron chi connectivity index (χ1n) is 3.20. The topological polar surface area (TPSA) is 93.6 Å². The van der Waals surface area contributed by atoms with E-state index >= 15 is 0 Å². The van der Waals surface area contributed by atoms with Gasteiger partial charge in [0.1, 0.15) is 11.6 Å². The van der Waals surface area contributed by atoms with Crippen LogP contribution in [0.1, 0.15) is 6.42 Å². The second kappa shape index (κ2) is 2.92. The lowest BCUT2D eigenvalue weighted by molar-refractivity contribution is 0.639. The van der Waals surface area contributed by atoms with E-state index in [-0.39, 0.29) is 0 Å². The molecule has 0 aromatic carbocycles. The number of rotatable bonds is 2. The molecule has 0 saturated heterocycles. The summed E-state index contributed by atoms with van der Waals surface area (Å²) in [6.07, 6.45) is 0.394. The first kappa shape index (κ1) is 7.41. The molecule has 1 aromatic heterocycles. The molecule has 5 heteroatoms. The minimum atomic E-state index is 0.389. The standard InChI is InChI=1S/C6H9N5/c7-2-1-3-11-6(9)4-5(8)10-11/h4H,1,3,9H2,(H2,8,10). The van der Waals surface area contributed by atoms with Crippen LogP contribution in [0.4, 0.5) is 11.6 Å². The van der Waals surface area contributed by atoms with Gasteiger partial charge in [-0.1, -0.05) is 0 Å². The fourth-order valence-corrected chi connectivity index (χ4v) is 0.787. The molecular formula is C6H9N5. The lowest BCUT2D eigenvalue weighted by Crippen LogP contribution is -2.04. The molecule has 1 heterocycles. The molecule has 1 aromatic rings. The normalized spacial score (nSPS) is 9.36. The summed E-state index contributed by atoms with van der Waals surface area (Å²) in [7, 11) is 0. The quantitative estimate of drug-likeness (QED) is 0.620. The second-order valence-electron chi connectivity index (χ2n) is 2.13. The second-order valence-corrected chi connectivity index (χ2v) is 2.13. The van der Waals surface area contributed by atoms with Gasteiger partial charge in [0.15, 0.2) is 0 Å². The zero-order valence-corrected chi connectivity index (χ0v) is 5.99. The summed E-state index contributed by atoms with van der Waals surface area (Å²) in [4.78, 5) is 0. The van der Waals surface area contributed by atoms with Gasteiger partial charge in [-0.2, -0.15) is 10.4 Å². The van der Waals surface area contributed by atoms with Crippen molar-refractivity contribution in [2.45, 2.75) is 13.0 Å². The Morgan fingerprint density at radius 3 is 2.82 bits per heavy atom. The Bertz CT molecular complexity index is 282. The number of nitrogen functional groups attached to an aromatic ring is 2. The predicted molar refractivity (Wildman–Crippen MR) is 41.3 cm³/mol. The molecule has 11 heavy (non-hydrogen) atoms. The molecule has 1 rings (SSSR count). The lowest BCUT2D eigenvalue weighted by Gasteiger charge is -1.97. The van der Waals surface area contributed by atoms with E-state index in [4.69, 9.17) is 16.7 Å². The first-order valence-corrected chi connectivity index (χ1v) is 3.20. The summed E-state index contributed by atoms with van der Waals surface area (Å²) in [6, 6.07) is 3.56. The Morgan fingerprint density at radius 2 is 2.36 bits per heavy atom. The summed E-state index contributed by atoms with van der Waals surface area (Å²) in [5.41, 5.74) is 10.8. The van der Waals surface area contributed by atoms with Crippen LogP contribution >= 0.6 is 0 Å². The Balaban J connectivity index is 2.71. The summed E-state index contributed by atoms with van der Waals surface area (Å²) < 4.78 is 1.51. The van der Waals surface area contributed by atoms with Crippen molar-refractivity contribution in [3.8, 4) is 6.07 Å². The van der Waals surface area contributed by atoms with Crippen molar-refractivity contribution < 1.29 is 0 Å².